The van der Waals surface area contributed by atoms with Gasteiger partial charge in [-0.1, -0.05) is 18.2 Å². The third-order valence-corrected chi connectivity index (χ3v) is 5.72. The summed E-state index contributed by atoms with van der Waals surface area (Å²) in [6, 6.07) is 15.7. The van der Waals surface area contributed by atoms with Crippen molar-refractivity contribution >= 4 is 27.4 Å². The van der Waals surface area contributed by atoms with Crippen LogP contribution < -0.4 is 10.9 Å². The summed E-state index contributed by atoms with van der Waals surface area (Å²) in [5.41, 5.74) is 0.0687. The van der Waals surface area contributed by atoms with Crippen LogP contribution in [0.5, 0.6) is 0 Å². The Morgan fingerprint density at radius 2 is 1.67 bits per heavy atom. The van der Waals surface area contributed by atoms with Gasteiger partial charge in [-0.05, 0) is 42.5 Å². The van der Waals surface area contributed by atoms with Crippen LogP contribution in [-0.2, 0) is 25.9 Å². The molecule has 0 spiro atoms. The summed E-state index contributed by atoms with van der Waals surface area (Å²) in [6.45, 7) is -0.490. The fraction of sp³-hybridized carbons (Fsp3) is 0.100. The second kappa shape index (κ2) is 8.70. The second-order valence-corrected chi connectivity index (χ2v) is 8.00. The minimum atomic E-state index is -3.93. The van der Waals surface area contributed by atoms with Crippen molar-refractivity contribution in [3.05, 3.63) is 82.6 Å². The first kappa shape index (κ1) is 20.9. The van der Waals surface area contributed by atoms with Crippen LogP contribution in [0.4, 0.5) is 5.69 Å². The molecule has 154 valence electrons. The Hall–Kier alpha value is -3.79. The van der Waals surface area contributed by atoms with Crippen molar-refractivity contribution in [1.29, 1.82) is 0 Å². The molecule has 9 nitrogen and oxygen atoms in total. The van der Waals surface area contributed by atoms with E-state index in [1.165, 1.54) is 43.5 Å². The van der Waals surface area contributed by atoms with Gasteiger partial charge in [0.25, 0.3) is 5.56 Å². The number of benzene rings is 2. The van der Waals surface area contributed by atoms with Gasteiger partial charge in [0.2, 0.25) is 15.7 Å². The van der Waals surface area contributed by atoms with Crippen LogP contribution in [0, 0.1) is 0 Å². The maximum atomic E-state index is 12.7. The first-order chi connectivity index (χ1) is 14.3. The first-order valence-corrected chi connectivity index (χ1v) is 10.2. The van der Waals surface area contributed by atoms with Gasteiger partial charge in [-0.15, -0.1) is 0 Å². The van der Waals surface area contributed by atoms with E-state index in [0.717, 1.165) is 16.8 Å². The molecular weight excluding hydrogens is 410 g/mol. The van der Waals surface area contributed by atoms with Gasteiger partial charge in [0.05, 0.1) is 17.6 Å². The summed E-state index contributed by atoms with van der Waals surface area (Å²) in [5, 5.41) is 6.05. The molecule has 2 aromatic carbocycles. The number of amides is 1. The van der Waals surface area contributed by atoms with Gasteiger partial charge in [0, 0.05) is 11.8 Å². The standard InChI is InChI=1S/C20H17N3O6S/c1-29-20(26)14-7-9-15(10-8-14)21-17(24)13-23-19(25)12-11-18(22-23)30(27,28)16-5-3-2-4-6-16/h2-12H,13H2,1H3,(H,21,24). The fourth-order valence-electron chi connectivity index (χ4n) is 2.55. The van der Waals surface area contributed by atoms with E-state index in [2.05, 4.69) is 15.2 Å². The van der Waals surface area contributed by atoms with Gasteiger partial charge in [-0.2, -0.15) is 5.10 Å². The number of esters is 1. The second-order valence-electron chi connectivity index (χ2n) is 6.10. The molecule has 0 saturated heterocycles. The third-order valence-electron chi connectivity index (χ3n) is 4.05. The predicted molar refractivity (Wildman–Crippen MR) is 107 cm³/mol. The number of carbonyl (C=O) groups is 2. The Morgan fingerprint density at radius 1 is 1.00 bits per heavy atom. The molecule has 0 aliphatic carbocycles. The lowest BCUT2D eigenvalue weighted by molar-refractivity contribution is -0.117. The SMILES string of the molecule is COC(=O)c1ccc(NC(=O)Cn2nc(S(=O)(=O)c3ccccc3)ccc2=O)cc1. The van der Waals surface area contributed by atoms with Gasteiger partial charge < -0.3 is 10.1 Å². The van der Waals surface area contributed by atoms with Crippen molar-refractivity contribution in [2.75, 3.05) is 12.4 Å². The van der Waals surface area contributed by atoms with Crippen LogP contribution in [0.3, 0.4) is 0 Å². The smallest absolute Gasteiger partial charge is 0.337 e. The lowest BCUT2D eigenvalue weighted by atomic mass is 10.2. The molecule has 0 aliphatic rings. The van der Waals surface area contributed by atoms with E-state index in [1.54, 1.807) is 18.2 Å². The molecule has 0 fully saturated rings. The molecule has 0 aliphatic heterocycles. The third kappa shape index (κ3) is 4.61. The number of sulfone groups is 1. The molecule has 0 radical (unpaired) electrons. The largest absolute Gasteiger partial charge is 0.465 e. The Kier molecular flexibility index (Phi) is 6.07. The zero-order valence-electron chi connectivity index (χ0n) is 15.8. The van der Waals surface area contributed by atoms with Gasteiger partial charge >= 0.3 is 5.97 Å². The lowest BCUT2D eigenvalue weighted by Gasteiger charge is -2.09. The molecule has 1 aromatic heterocycles. The first-order valence-electron chi connectivity index (χ1n) is 8.68. The summed E-state index contributed by atoms with van der Waals surface area (Å²) < 4.78 is 30.7. The van der Waals surface area contributed by atoms with E-state index < -0.39 is 33.8 Å². The zero-order valence-corrected chi connectivity index (χ0v) is 16.6. The number of hydrogen-bond acceptors (Lipinski definition) is 7. The highest BCUT2D eigenvalue weighted by Crippen LogP contribution is 2.17. The molecule has 0 bridgehead atoms. The summed E-state index contributed by atoms with van der Waals surface area (Å²) in [7, 11) is -2.68. The number of aromatic nitrogens is 2. The molecule has 1 heterocycles. The van der Waals surface area contributed by atoms with E-state index in [0.29, 0.717) is 11.3 Å². The fourth-order valence-corrected chi connectivity index (χ4v) is 3.76. The van der Waals surface area contributed by atoms with Crippen molar-refractivity contribution in [1.82, 2.24) is 9.78 Å². The van der Waals surface area contributed by atoms with Crippen molar-refractivity contribution in [3.8, 4) is 0 Å². The van der Waals surface area contributed by atoms with Gasteiger partial charge in [-0.3, -0.25) is 9.59 Å². The normalized spacial score (nSPS) is 11.0. The molecule has 3 aromatic rings. The molecule has 0 unspecified atom stereocenters. The van der Waals surface area contributed by atoms with Crippen molar-refractivity contribution < 1.29 is 22.7 Å². The lowest BCUT2D eigenvalue weighted by Crippen LogP contribution is -2.30. The minimum absolute atomic E-state index is 0.0258. The van der Waals surface area contributed by atoms with Crippen LogP contribution in [0.15, 0.2) is 81.4 Å². The maximum Gasteiger partial charge on any atom is 0.337 e. The van der Waals surface area contributed by atoms with E-state index in [-0.39, 0.29) is 9.92 Å². The van der Waals surface area contributed by atoms with Crippen LogP contribution in [0.1, 0.15) is 10.4 Å². The van der Waals surface area contributed by atoms with E-state index >= 15 is 0 Å². The maximum absolute atomic E-state index is 12.7. The topological polar surface area (TPSA) is 124 Å². The number of ether oxygens (including phenoxy) is 1. The Balaban J connectivity index is 1.78. The van der Waals surface area contributed by atoms with Gasteiger partial charge in [-0.25, -0.2) is 17.9 Å². The summed E-state index contributed by atoms with van der Waals surface area (Å²) >= 11 is 0. The molecule has 3 rings (SSSR count). The highest BCUT2D eigenvalue weighted by atomic mass is 32.2. The highest BCUT2D eigenvalue weighted by molar-refractivity contribution is 7.91. The zero-order chi connectivity index (χ0) is 21.7. The Labute approximate surface area is 171 Å². The van der Waals surface area contributed by atoms with E-state index in [4.69, 9.17) is 0 Å². The number of anilines is 1. The number of methoxy groups -OCH3 is 1. The van der Waals surface area contributed by atoms with Crippen LogP contribution in [0.2, 0.25) is 0 Å². The number of nitrogens with one attached hydrogen (secondary N) is 1. The van der Waals surface area contributed by atoms with Crippen LogP contribution in [-0.4, -0.2) is 37.2 Å². The summed E-state index contributed by atoms with van der Waals surface area (Å²) in [5.74, 6) is -1.11. The predicted octanol–water partition coefficient (Wildman–Crippen LogP) is 1.50. The minimum Gasteiger partial charge on any atom is -0.465 e. The molecule has 1 N–H and O–H groups in total. The van der Waals surface area contributed by atoms with Crippen molar-refractivity contribution in [2.45, 2.75) is 16.5 Å². The van der Waals surface area contributed by atoms with E-state index in [9.17, 15) is 22.8 Å². The summed E-state index contributed by atoms with van der Waals surface area (Å²) in [6.07, 6.45) is 0. The molecule has 0 saturated carbocycles. The van der Waals surface area contributed by atoms with E-state index in [1.807, 2.05) is 0 Å². The highest BCUT2D eigenvalue weighted by Gasteiger charge is 2.20. The Bertz CT molecular complexity index is 1240. The average Bonchev–Trinajstić information content (AvgIpc) is 2.75. The number of nitrogens with zero attached hydrogens (tertiary/aromatic N) is 2. The molecular formula is C20H17N3O6S. The molecule has 30 heavy (non-hydrogen) atoms. The number of hydrogen-bond donors (Lipinski definition) is 1. The van der Waals surface area contributed by atoms with Crippen molar-refractivity contribution in [2.24, 2.45) is 0 Å². The van der Waals surface area contributed by atoms with Gasteiger partial charge in [0.15, 0.2) is 5.03 Å². The molecule has 0 atom stereocenters. The Morgan fingerprint density at radius 3 is 2.30 bits per heavy atom. The number of carbonyl (C=O) groups excluding carboxylic acids is 2. The van der Waals surface area contributed by atoms with Crippen molar-refractivity contribution in [3.63, 3.8) is 0 Å². The molecule has 10 heteroatoms. The number of rotatable bonds is 6. The van der Waals surface area contributed by atoms with Crippen LogP contribution >= 0.6 is 0 Å². The van der Waals surface area contributed by atoms with Gasteiger partial charge in [0.1, 0.15) is 6.54 Å². The van der Waals surface area contributed by atoms with Crippen LogP contribution in [0.25, 0.3) is 0 Å². The summed E-state index contributed by atoms with van der Waals surface area (Å²) in [4.78, 5) is 35.8. The molecule has 1 amide bonds. The monoisotopic (exact) mass is 427 g/mol. The average molecular weight is 427 g/mol. The quantitative estimate of drug-likeness (QED) is 0.591.